The van der Waals surface area contributed by atoms with Crippen LogP contribution in [0.4, 0.5) is 5.69 Å². The number of carbonyl (C=O) groups is 1. The minimum Gasteiger partial charge on any atom is -0.492 e. The molecule has 0 bridgehead atoms. The van der Waals surface area contributed by atoms with Crippen molar-refractivity contribution in [3.63, 3.8) is 0 Å². The molecule has 2 rings (SSSR count). The Balaban J connectivity index is 1.97. The summed E-state index contributed by atoms with van der Waals surface area (Å²) in [5.74, 6) is 0.661. The molecule has 128 valence electrons. The molecule has 23 heavy (non-hydrogen) atoms. The van der Waals surface area contributed by atoms with Crippen LogP contribution in [0.5, 0.6) is 5.75 Å². The van der Waals surface area contributed by atoms with Crippen LogP contribution in [0.3, 0.4) is 0 Å². The highest BCUT2D eigenvalue weighted by atomic mass is 16.5. The monoisotopic (exact) mass is 321 g/mol. The number of ether oxygens (including phenoxy) is 2. The van der Waals surface area contributed by atoms with Crippen molar-refractivity contribution in [2.75, 3.05) is 52.8 Å². The molecule has 0 aliphatic carbocycles. The van der Waals surface area contributed by atoms with Crippen LogP contribution in [0.15, 0.2) is 24.3 Å². The first-order chi connectivity index (χ1) is 11.1. The highest BCUT2D eigenvalue weighted by Gasteiger charge is 2.39. The molecule has 0 saturated carbocycles. The van der Waals surface area contributed by atoms with Gasteiger partial charge in [-0.05, 0) is 52.2 Å². The molecule has 0 unspecified atom stereocenters. The lowest BCUT2D eigenvalue weighted by Crippen LogP contribution is -2.51. The van der Waals surface area contributed by atoms with Gasteiger partial charge in [-0.3, -0.25) is 4.79 Å². The zero-order valence-electron chi connectivity index (χ0n) is 14.2. The van der Waals surface area contributed by atoms with E-state index >= 15 is 0 Å². The number of rotatable bonds is 7. The second kappa shape index (κ2) is 8.29. The Bertz CT molecular complexity index is 514. The number of nitrogens with zero attached hydrogens (tertiary/aromatic N) is 1. The molecule has 1 aromatic rings. The third kappa shape index (κ3) is 4.92. The summed E-state index contributed by atoms with van der Waals surface area (Å²) in [6.07, 6.45) is 1.35. The minimum absolute atomic E-state index is 0.0908. The zero-order chi connectivity index (χ0) is 16.7. The maximum atomic E-state index is 12.6. The maximum absolute atomic E-state index is 12.6. The van der Waals surface area contributed by atoms with Gasteiger partial charge in [0.2, 0.25) is 0 Å². The molecule has 0 spiro atoms. The number of hydrogen-bond donors (Lipinski definition) is 2. The number of amides is 1. The Morgan fingerprint density at radius 2 is 2.09 bits per heavy atom. The number of hydrogen-bond acceptors (Lipinski definition) is 5. The molecule has 2 N–H and O–H groups in total. The van der Waals surface area contributed by atoms with E-state index in [2.05, 4.69) is 15.5 Å². The van der Waals surface area contributed by atoms with Crippen molar-refractivity contribution in [3.05, 3.63) is 24.3 Å². The summed E-state index contributed by atoms with van der Waals surface area (Å²) >= 11 is 0. The van der Waals surface area contributed by atoms with E-state index in [0.29, 0.717) is 19.4 Å². The molecule has 6 nitrogen and oxygen atoms in total. The number of methoxy groups -OCH3 is 1. The van der Waals surface area contributed by atoms with Crippen LogP contribution in [0.2, 0.25) is 0 Å². The van der Waals surface area contributed by atoms with Crippen LogP contribution in [0.1, 0.15) is 12.8 Å². The normalized spacial score (nSPS) is 17.0. The summed E-state index contributed by atoms with van der Waals surface area (Å²) in [4.78, 5) is 14.7. The molecule has 1 heterocycles. The van der Waals surface area contributed by atoms with Crippen molar-refractivity contribution in [3.8, 4) is 5.75 Å². The molecule has 1 fully saturated rings. The second-order valence-corrected chi connectivity index (χ2v) is 6.08. The number of piperidine rings is 1. The molecular weight excluding hydrogens is 294 g/mol. The van der Waals surface area contributed by atoms with Gasteiger partial charge in [0.25, 0.3) is 5.91 Å². The van der Waals surface area contributed by atoms with E-state index in [-0.39, 0.29) is 5.91 Å². The fraction of sp³-hybridized carbons (Fsp3) is 0.588. The number of likely N-dealkylation sites (N-methyl/N-ethyl adjacent to an activating group) is 1. The van der Waals surface area contributed by atoms with Crippen LogP contribution in [0.25, 0.3) is 0 Å². The third-order valence-corrected chi connectivity index (χ3v) is 4.11. The Kier molecular flexibility index (Phi) is 6.38. The first kappa shape index (κ1) is 17.7. The van der Waals surface area contributed by atoms with Crippen molar-refractivity contribution < 1.29 is 14.3 Å². The Morgan fingerprint density at radius 1 is 1.35 bits per heavy atom. The molecule has 0 atom stereocenters. The summed E-state index contributed by atoms with van der Waals surface area (Å²) in [5, 5.41) is 6.21. The maximum Gasteiger partial charge on any atom is 0.256 e. The SMILES string of the molecule is COC1(C(=O)Nc2cccc(OCCN(C)C)c2)CCNCC1. The highest BCUT2D eigenvalue weighted by Crippen LogP contribution is 2.25. The van der Waals surface area contributed by atoms with Gasteiger partial charge in [0.1, 0.15) is 18.0 Å². The molecular formula is C17H27N3O3. The summed E-state index contributed by atoms with van der Waals surface area (Å²) < 4.78 is 11.2. The van der Waals surface area contributed by atoms with E-state index in [9.17, 15) is 4.79 Å². The van der Waals surface area contributed by atoms with Gasteiger partial charge in [0.15, 0.2) is 0 Å². The van der Waals surface area contributed by atoms with Crippen molar-refractivity contribution in [2.45, 2.75) is 18.4 Å². The predicted molar refractivity (Wildman–Crippen MR) is 91.0 cm³/mol. The van der Waals surface area contributed by atoms with Crippen LogP contribution in [0, 0.1) is 0 Å². The molecule has 1 aliphatic rings. The molecule has 0 aromatic heterocycles. The van der Waals surface area contributed by atoms with Crippen molar-refractivity contribution >= 4 is 11.6 Å². The molecule has 6 heteroatoms. The number of benzene rings is 1. The standard InChI is InChI=1S/C17H27N3O3/c1-20(2)11-12-23-15-6-4-5-14(13-15)19-16(21)17(22-3)7-9-18-10-8-17/h4-6,13,18H,7-12H2,1-3H3,(H,19,21). The fourth-order valence-corrected chi connectivity index (χ4v) is 2.61. The van der Waals surface area contributed by atoms with Crippen LogP contribution >= 0.6 is 0 Å². The van der Waals surface area contributed by atoms with Gasteiger partial charge in [-0.25, -0.2) is 0 Å². The van der Waals surface area contributed by atoms with E-state index in [1.165, 1.54) is 0 Å². The minimum atomic E-state index is -0.743. The van der Waals surface area contributed by atoms with E-state index in [0.717, 1.165) is 31.1 Å². The molecule has 1 aliphatic heterocycles. The number of carbonyl (C=O) groups excluding carboxylic acids is 1. The fourth-order valence-electron chi connectivity index (χ4n) is 2.61. The molecule has 1 aromatic carbocycles. The predicted octanol–water partition coefficient (Wildman–Crippen LogP) is 1.33. The molecule has 1 saturated heterocycles. The molecule has 1 amide bonds. The van der Waals surface area contributed by atoms with Gasteiger partial charge in [0.05, 0.1) is 0 Å². The van der Waals surface area contributed by atoms with Crippen LogP contribution in [-0.2, 0) is 9.53 Å². The summed E-state index contributed by atoms with van der Waals surface area (Å²) in [6, 6.07) is 7.48. The van der Waals surface area contributed by atoms with Gasteiger partial charge in [-0.2, -0.15) is 0 Å². The topological polar surface area (TPSA) is 62.8 Å². The van der Waals surface area contributed by atoms with Crippen LogP contribution in [-0.4, -0.2) is 63.9 Å². The second-order valence-electron chi connectivity index (χ2n) is 6.08. The third-order valence-electron chi connectivity index (χ3n) is 4.11. The summed E-state index contributed by atoms with van der Waals surface area (Å²) in [5.41, 5.74) is -0.0140. The smallest absolute Gasteiger partial charge is 0.256 e. The van der Waals surface area contributed by atoms with Crippen molar-refractivity contribution in [1.82, 2.24) is 10.2 Å². The van der Waals surface area contributed by atoms with Crippen molar-refractivity contribution in [1.29, 1.82) is 0 Å². The van der Waals surface area contributed by atoms with Crippen molar-refractivity contribution in [2.24, 2.45) is 0 Å². The summed E-state index contributed by atoms with van der Waals surface area (Å²) in [7, 11) is 5.61. The average molecular weight is 321 g/mol. The number of anilines is 1. The Labute approximate surface area is 138 Å². The first-order valence-electron chi connectivity index (χ1n) is 8.01. The highest BCUT2D eigenvalue weighted by molar-refractivity contribution is 5.97. The first-order valence-corrected chi connectivity index (χ1v) is 8.01. The van der Waals surface area contributed by atoms with Gasteiger partial charge in [-0.15, -0.1) is 0 Å². The average Bonchev–Trinajstić information content (AvgIpc) is 2.55. The van der Waals surface area contributed by atoms with E-state index in [1.54, 1.807) is 7.11 Å². The number of nitrogens with one attached hydrogen (secondary N) is 2. The quantitative estimate of drug-likeness (QED) is 0.793. The van der Waals surface area contributed by atoms with Gasteiger partial charge in [-0.1, -0.05) is 6.07 Å². The summed E-state index contributed by atoms with van der Waals surface area (Å²) in [6.45, 7) is 3.03. The van der Waals surface area contributed by atoms with E-state index in [4.69, 9.17) is 9.47 Å². The van der Waals surface area contributed by atoms with Gasteiger partial charge in [0, 0.05) is 25.4 Å². The zero-order valence-corrected chi connectivity index (χ0v) is 14.2. The van der Waals surface area contributed by atoms with Gasteiger partial charge < -0.3 is 25.0 Å². The molecule has 0 radical (unpaired) electrons. The van der Waals surface area contributed by atoms with E-state index in [1.807, 2.05) is 38.4 Å². The Morgan fingerprint density at radius 3 is 2.74 bits per heavy atom. The lowest BCUT2D eigenvalue weighted by atomic mass is 9.91. The Hall–Kier alpha value is -1.63. The lowest BCUT2D eigenvalue weighted by molar-refractivity contribution is -0.140. The van der Waals surface area contributed by atoms with Gasteiger partial charge >= 0.3 is 0 Å². The van der Waals surface area contributed by atoms with E-state index < -0.39 is 5.60 Å². The lowest BCUT2D eigenvalue weighted by Gasteiger charge is -2.34. The van der Waals surface area contributed by atoms with Crippen LogP contribution < -0.4 is 15.4 Å². The largest absolute Gasteiger partial charge is 0.492 e.